The number of rotatable bonds is 2. The summed E-state index contributed by atoms with van der Waals surface area (Å²) in [6.45, 7) is 7.18. The molecule has 1 saturated heterocycles. The summed E-state index contributed by atoms with van der Waals surface area (Å²) in [5.74, 6) is 0. The SMILES string of the molecule is CC1(C)CCN(c2ccc(CN)cc2C#N)CC1. The maximum Gasteiger partial charge on any atom is 0.101 e. The van der Waals surface area contributed by atoms with Crippen LogP contribution in [0.3, 0.4) is 0 Å². The quantitative estimate of drug-likeness (QED) is 0.868. The van der Waals surface area contributed by atoms with E-state index in [1.807, 2.05) is 18.2 Å². The second-order valence-corrected chi connectivity index (χ2v) is 5.82. The lowest BCUT2D eigenvalue weighted by atomic mass is 9.82. The predicted molar refractivity (Wildman–Crippen MR) is 74.3 cm³/mol. The first kappa shape index (κ1) is 12.9. The van der Waals surface area contributed by atoms with Gasteiger partial charge >= 0.3 is 0 Å². The molecule has 1 aromatic rings. The summed E-state index contributed by atoms with van der Waals surface area (Å²) in [6, 6.07) is 8.27. The van der Waals surface area contributed by atoms with Crippen molar-refractivity contribution in [1.82, 2.24) is 0 Å². The van der Waals surface area contributed by atoms with E-state index in [2.05, 4.69) is 24.8 Å². The van der Waals surface area contributed by atoms with Crippen LogP contribution in [0.25, 0.3) is 0 Å². The molecule has 0 aromatic heterocycles. The van der Waals surface area contributed by atoms with Gasteiger partial charge in [-0.25, -0.2) is 0 Å². The van der Waals surface area contributed by atoms with Gasteiger partial charge < -0.3 is 10.6 Å². The standard InChI is InChI=1S/C15H21N3/c1-15(2)5-7-18(8-6-15)14-4-3-12(10-16)9-13(14)11-17/h3-4,9H,5-8,10,16H2,1-2H3. The Morgan fingerprint density at radius 3 is 2.56 bits per heavy atom. The van der Waals surface area contributed by atoms with Crippen molar-refractivity contribution in [2.45, 2.75) is 33.2 Å². The van der Waals surface area contributed by atoms with Crippen LogP contribution < -0.4 is 10.6 Å². The van der Waals surface area contributed by atoms with Gasteiger partial charge in [-0.15, -0.1) is 0 Å². The van der Waals surface area contributed by atoms with Gasteiger partial charge in [0, 0.05) is 19.6 Å². The molecule has 2 N–H and O–H groups in total. The van der Waals surface area contributed by atoms with Crippen LogP contribution in [0, 0.1) is 16.7 Å². The zero-order chi connectivity index (χ0) is 13.2. The van der Waals surface area contributed by atoms with Crippen LogP contribution in [-0.4, -0.2) is 13.1 Å². The van der Waals surface area contributed by atoms with Crippen molar-refractivity contribution in [3.8, 4) is 6.07 Å². The first-order chi connectivity index (χ1) is 8.55. The van der Waals surface area contributed by atoms with Crippen LogP contribution in [0.2, 0.25) is 0 Å². The molecule has 2 rings (SSSR count). The first-order valence-electron chi connectivity index (χ1n) is 6.54. The number of nitrogens with two attached hydrogens (primary N) is 1. The molecule has 1 aromatic carbocycles. The van der Waals surface area contributed by atoms with E-state index in [4.69, 9.17) is 5.73 Å². The Hall–Kier alpha value is -1.53. The van der Waals surface area contributed by atoms with Gasteiger partial charge in [0.15, 0.2) is 0 Å². The molecule has 0 bridgehead atoms. The third-order valence-electron chi connectivity index (χ3n) is 3.87. The van der Waals surface area contributed by atoms with Gasteiger partial charge in [-0.1, -0.05) is 19.9 Å². The number of piperidine rings is 1. The lowest BCUT2D eigenvalue weighted by Crippen LogP contribution is -2.37. The molecule has 0 saturated carbocycles. The Balaban J connectivity index is 2.22. The number of hydrogen-bond donors (Lipinski definition) is 1. The molecular formula is C15H21N3. The summed E-state index contributed by atoms with van der Waals surface area (Å²) in [5, 5.41) is 9.25. The van der Waals surface area contributed by atoms with Crippen molar-refractivity contribution in [1.29, 1.82) is 5.26 Å². The topological polar surface area (TPSA) is 53.0 Å². The van der Waals surface area contributed by atoms with Crippen LogP contribution in [-0.2, 0) is 6.54 Å². The maximum atomic E-state index is 9.25. The average molecular weight is 243 g/mol. The minimum absolute atomic E-state index is 0.431. The van der Waals surface area contributed by atoms with Gasteiger partial charge in [-0.2, -0.15) is 5.26 Å². The van der Waals surface area contributed by atoms with Gasteiger partial charge in [0.25, 0.3) is 0 Å². The van der Waals surface area contributed by atoms with Gasteiger partial charge in [-0.3, -0.25) is 0 Å². The molecule has 3 nitrogen and oxygen atoms in total. The largest absolute Gasteiger partial charge is 0.370 e. The van der Waals surface area contributed by atoms with Gasteiger partial charge in [0.1, 0.15) is 6.07 Å². The molecule has 0 aliphatic carbocycles. The van der Waals surface area contributed by atoms with Crippen molar-refractivity contribution >= 4 is 5.69 Å². The minimum atomic E-state index is 0.431. The van der Waals surface area contributed by atoms with Crippen molar-refractivity contribution < 1.29 is 0 Å². The van der Waals surface area contributed by atoms with Gasteiger partial charge in [0.05, 0.1) is 11.3 Å². The van der Waals surface area contributed by atoms with E-state index in [0.717, 1.165) is 29.9 Å². The Morgan fingerprint density at radius 2 is 2.00 bits per heavy atom. The molecule has 0 unspecified atom stereocenters. The third kappa shape index (κ3) is 2.65. The van der Waals surface area contributed by atoms with Gasteiger partial charge in [0.2, 0.25) is 0 Å². The van der Waals surface area contributed by atoms with Crippen molar-refractivity contribution in [3.05, 3.63) is 29.3 Å². The summed E-state index contributed by atoms with van der Waals surface area (Å²) < 4.78 is 0. The third-order valence-corrected chi connectivity index (χ3v) is 3.87. The Morgan fingerprint density at radius 1 is 1.33 bits per heavy atom. The molecular weight excluding hydrogens is 222 g/mol. The van der Waals surface area contributed by atoms with Crippen LogP contribution in [0.5, 0.6) is 0 Å². The molecule has 1 heterocycles. The summed E-state index contributed by atoms with van der Waals surface area (Å²) in [5.41, 5.74) is 8.87. The number of anilines is 1. The second kappa shape index (κ2) is 4.99. The van der Waals surface area contributed by atoms with Crippen LogP contribution in [0.4, 0.5) is 5.69 Å². The molecule has 0 atom stereocenters. The summed E-state index contributed by atoms with van der Waals surface area (Å²) in [4.78, 5) is 2.32. The number of nitriles is 1. The highest BCUT2D eigenvalue weighted by atomic mass is 15.1. The van der Waals surface area contributed by atoms with Crippen LogP contribution in [0.15, 0.2) is 18.2 Å². The lowest BCUT2D eigenvalue weighted by Gasteiger charge is -2.38. The van der Waals surface area contributed by atoms with E-state index in [0.29, 0.717) is 12.0 Å². The predicted octanol–water partition coefficient (Wildman–Crippen LogP) is 2.64. The number of benzene rings is 1. The molecule has 0 spiro atoms. The van der Waals surface area contributed by atoms with Crippen LogP contribution >= 0.6 is 0 Å². The van der Waals surface area contributed by atoms with Crippen molar-refractivity contribution in [2.75, 3.05) is 18.0 Å². The van der Waals surface area contributed by atoms with Gasteiger partial charge in [-0.05, 0) is 36.0 Å². The second-order valence-electron chi connectivity index (χ2n) is 5.82. The van der Waals surface area contributed by atoms with E-state index < -0.39 is 0 Å². The monoisotopic (exact) mass is 243 g/mol. The molecule has 0 amide bonds. The van der Waals surface area contributed by atoms with E-state index in [1.165, 1.54) is 12.8 Å². The molecule has 96 valence electrons. The van der Waals surface area contributed by atoms with E-state index >= 15 is 0 Å². The molecule has 1 aliphatic rings. The minimum Gasteiger partial charge on any atom is -0.370 e. The fourth-order valence-electron chi connectivity index (χ4n) is 2.43. The fourth-order valence-corrected chi connectivity index (χ4v) is 2.43. The molecule has 0 radical (unpaired) electrons. The maximum absolute atomic E-state index is 9.25. The summed E-state index contributed by atoms with van der Waals surface area (Å²) in [6.07, 6.45) is 2.35. The Kier molecular flexibility index (Phi) is 3.58. The van der Waals surface area contributed by atoms with Crippen molar-refractivity contribution in [3.63, 3.8) is 0 Å². The summed E-state index contributed by atoms with van der Waals surface area (Å²) >= 11 is 0. The average Bonchev–Trinajstić information content (AvgIpc) is 2.38. The zero-order valence-electron chi connectivity index (χ0n) is 11.2. The summed E-state index contributed by atoms with van der Waals surface area (Å²) in [7, 11) is 0. The van der Waals surface area contributed by atoms with Crippen molar-refractivity contribution in [2.24, 2.45) is 11.1 Å². The highest BCUT2D eigenvalue weighted by Crippen LogP contribution is 2.33. The highest BCUT2D eigenvalue weighted by Gasteiger charge is 2.26. The number of nitrogens with zero attached hydrogens (tertiary/aromatic N) is 2. The molecule has 1 aliphatic heterocycles. The lowest BCUT2D eigenvalue weighted by molar-refractivity contribution is 0.280. The van der Waals surface area contributed by atoms with Crippen LogP contribution in [0.1, 0.15) is 37.8 Å². The Bertz CT molecular complexity index is 461. The van der Waals surface area contributed by atoms with E-state index in [9.17, 15) is 5.26 Å². The Labute approximate surface area is 109 Å². The van der Waals surface area contributed by atoms with E-state index in [1.54, 1.807) is 0 Å². The first-order valence-corrected chi connectivity index (χ1v) is 6.54. The highest BCUT2D eigenvalue weighted by molar-refractivity contribution is 5.60. The normalized spacial score (nSPS) is 18.4. The van der Waals surface area contributed by atoms with E-state index in [-0.39, 0.29) is 0 Å². The molecule has 1 fully saturated rings. The molecule has 3 heteroatoms. The smallest absolute Gasteiger partial charge is 0.101 e. The zero-order valence-corrected chi connectivity index (χ0v) is 11.2. The number of hydrogen-bond acceptors (Lipinski definition) is 3. The molecule has 18 heavy (non-hydrogen) atoms. The fraction of sp³-hybridized carbons (Fsp3) is 0.533.